The van der Waals surface area contributed by atoms with Crippen molar-refractivity contribution in [2.24, 2.45) is 0 Å². The molecule has 0 bridgehead atoms. The van der Waals surface area contributed by atoms with E-state index >= 15 is 0 Å². The Hall–Kier alpha value is -0.900. The first-order valence-electron chi connectivity index (χ1n) is 5.91. The van der Waals surface area contributed by atoms with Crippen LogP contribution in [-0.4, -0.2) is 31.3 Å². The predicted octanol–water partition coefficient (Wildman–Crippen LogP) is 1.06. The van der Waals surface area contributed by atoms with E-state index < -0.39 is 0 Å². The lowest BCUT2D eigenvalue weighted by Crippen LogP contribution is -2.23. The van der Waals surface area contributed by atoms with Gasteiger partial charge in [0.2, 0.25) is 0 Å². The normalized spacial score (nSPS) is 10.6. The summed E-state index contributed by atoms with van der Waals surface area (Å²) in [7, 11) is 0. The number of hydrogen-bond acceptors (Lipinski definition) is 3. The van der Waals surface area contributed by atoms with Gasteiger partial charge in [-0.15, -0.1) is 0 Å². The van der Waals surface area contributed by atoms with Crippen LogP contribution in [0.4, 0.5) is 0 Å². The first-order valence-corrected chi connectivity index (χ1v) is 5.91. The summed E-state index contributed by atoms with van der Waals surface area (Å²) in [5, 5.41) is 15.1. The molecule has 0 saturated heterocycles. The van der Waals surface area contributed by atoms with Crippen molar-refractivity contribution in [2.45, 2.75) is 19.9 Å². The number of aliphatic hydroxyl groups is 1. The summed E-state index contributed by atoms with van der Waals surface area (Å²) >= 11 is 0. The van der Waals surface area contributed by atoms with E-state index in [0.29, 0.717) is 6.54 Å². The quantitative estimate of drug-likeness (QED) is 0.576. The van der Waals surface area contributed by atoms with Crippen LogP contribution in [0.25, 0.3) is 0 Å². The van der Waals surface area contributed by atoms with Crippen LogP contribution in [0, 0.1) is 6.92 Å². The Morgan fingerprint density at radius 1 is 1.00 bits per heavy atom. The van der Waals surface area contributed by atoms with Crippen molar-refractivity contribution in [3.8, 4) is 0 Å². The molecule has 0 fully saturated rings. The maximum absolute atomic E-state index is 8.56. The summed E-state index contributed by atoms with van der Waals surface area (Å²) in [5.41, 5.74) is 2.63. The van der Waals surface area contributed by atoms with E-state index in [1.54, 1.807) is 0 Å². The highest BCUT2D eigenvalue weighted by Gasteiger charge is 1.92. The molecule has 0 aliphatic carbocycles. The second-order valence-corrected chi connectivity index (χ2v) is 3.99. The van der Waals surface area contributed by atoms with Gasteiger partial charge in [-0.25, -0.2) is 0 Å². The lowest BCUT2D eigenvalue weighted by Gasteiger charge is -2.06. The fraction of sp³-hybridized carbons (Fsp3) is 0.538. The maximum Gasteiger partial charge on any atom is 0.0555 e. The van der Waals surface area contributed by atoms with Crippen molar-refractivity contribution >= 4 is 0 Å². The molecule has 3 nitrogen and oxygen atoms in total. The maximum atomic E-state index is 8.56. The number of aryl methyl sites for hydroxylation is 1. The third-order valence-corrected chi connectivity index (χ3v) is 2.45. The molecule has 3 heteroatoms. The molecule has 0 saturated carbocycles. The molecule has 0 atom stereocenters. The molecule has 0 radical (unpaired) electrons. The highest BCUT2D eigenvalue weighted by molar-refractivity contribution is 5.20. The van der Waals surface area contributed by atoms with E-state index in [-0.39, 0.29) is 6.61 Å². The highest BCUT2D eigenvalue weighted by atomic mass is 16.3. The molecule has 3 N–H and O–H groups in total. The van der Waals surface area contributed by atoms with Crippen LogP contribution in [0.2, 0.25) is 0 Å². The summed E-state index contributed by atoms with van der Waals surface area (Å²) in [4.78, 5) is 0. The molecule has 0 heterocycles. The molecular formula is C13H22N2O. The zero-order valence-corrected chi connectivity index (χ0v) is 10.00. The van der Waals surface area contributed by atoms with Gasteiger partial charge in [-0.05, 0) is 32.0 Å². The largest absolute Gasteiger partial charge is 0.395 e. The van der Waals surface area contributed by atoms with E-state index in [1.165, 1.54) is 11.1 Å². The molecule has 0 spiro atoms. The second kappa shape index (κ2) is 8.28. The Morgan fingerprint density at radius 2 is 1.69 bits per heavy atom. The third kappa shape index (κ3) is 5.85. The summed E-state index contributed by atoms with van der Waals surface area (Å²) in [5.74, 6) is 0. The van der Waals surface area contributed by atoms with E-state index in [9.17, 15) is 0 Å². The molecule has 16 heavy (non-hydrogen) atoms. The zero-order valence-electron chi connectivity index (χ0n) is 10.00. The van der Waals surface area contributed by atoms with Crippen molar-refractivity contribution < 1.29 is 5.11 Å². The highest BCUT2D eigenvalue weighted by Crippen LogP contribution is 2.02. The molecule has 0 aliphatic rings. The van der Waals surface area contributed by atoms with Gasteiger partial charge in [0.15, 0.2) is 0 Å². The molecule has 0 unspecified atom stereocenters. The van der Waals surface area contributed by atoms with E-state index in [1.807, 2.05) is 0 Å². The molecular weight excluding hydrogens is 200 g/mol. The summed E-state index contributed by atoms with van der Waals surface area (Å²) in [6.45, 7) is 5.91. The third-order valence-electron chi connectivity index (χ3n) is 2.45. The van der Waals surface area contributed by atoms with Crippen molar-refractivity contribution in [2.75, 3.05) is 26.2 Å². The predicted molar refractivity (Wildman–Crippen MR) is 67.5 cm³/mol. The van der Waals surface area contributed by atoms with Crippen LogP contribution >= 0.6 is 0 Å². The van der Waals surface area contributed by atoms with Crippen molar-refractivity contribution in [1.29, 1.82) is 0 Å². The van der Waals surface area contributed by atoms with Gasteiger partial charge in [0, 0.05) is 13.1 Å². The molecule has 0 amide bonds. The second-order valence-electron chi connectivity index (χ2n) is 3.99. The van der Waals surface area contributed by atoms with Gasteiger partial charge in [0.25, 0.3) is 0 Å². The molecule has 0 aliphatic heterocycles. The summed E-state index contributed by atoms with van der Waals surface area (Å²) in [6, 6.07) is 8.60. The van der Waals surface area contributed by atoms with Gasteiger partial charge in [-0.2, -0.15) is 0 Å². The minimum Gasteiger partial charge on any atom is -0.395 e. The fourth-order valence-electron chi connectivity index (χ4n) is 1.48. The minimum absolute atomic E-state index is 0.219. The van der Waals surface area contributed by atoms with E-state index in [0.717, 1.165) is 26.1 Å². The number of nitrogens with one attached hydrogen (secondary N) is 2. The fourth-order valence-corrected chi connectivity index (χ4v) is 1.48. The van der Waals surface area contributed by atoms with Gasteiger partial charge in [0.1, 0.15) is 0 Å². The smallest absolute Gasteiger partial charge is 0.0555 e. The van der Waals surface area contributed by atoms with Gasteiger partial charge in [-0.1, -0.05) is 29.8 Å². The lowest BCUT2D eigenvalue weighted by atomic mass is 10.1. The SMILES string of the molecule is Cc1ccc(CNCCCNCCO)cc1. The molecule has 0 aromatic heterocycles. The average molecular weight is 222 g/mol. The Labute approximate surface area is 97.9 Å². The standard InChI is InChI=1S/C13H22N2O/c1-12-3-5-13(6-4-12)11-15-8-2-7-14-9-10-16/h3-6,14-16H,2,7-11H2,1H3. The Balaban J connectivity index is 2.01. The Bertz CT molecular complexity index is 272. The van der Waals surface area contributed by atoms with E-state index in [4.69, 9.17) is 5.11 Å². The van der Waals surface area contributed by atoms with Crippen LogP contribution < -0.4 is 10.6 Å². The first-order chi connectivity index (χ1) is 7.83. The average Bonchev–Trinajstić information content (AvgIpc) is 2.30. The topological polar surface area (TPSA) is 44.3 Å². The van der Waals surface area contributed by atoms with Crippen LogP contribution in [0.15, 0.2) is 24.3 Å². The van der Waals surface area contributed by atoms with Crippen LogP contribution in [-0.2, 0) is 6.54 Å². The number of benzene rings is 1. The monoisotopic (exact) mass is 222 g/mol. The van der Waals surface area contributed by atoms with Crippen LogP contribution in [0.1, 0.15) is 17.5 Å². The van der Waals surface area contributed by atoms with E-state index in [2.05, 4.69) is 41.8 Å². The van der Waals surface area contributed by atoms with Gasteiger partial charge in [0.05, 0.1) is 6.61 Å². The van der Waals surface area contributed by atoms with Gasteiger partial charge in [-0.3, -0.25) is 0 Å². The number of rotatable bonds is 8. The number of hydrogen-bond donors (Lipinski definition) is 3. The molecule has 1 rings (SSSR count). The first kappa shape index (κ1) is 13.2. The van der Waals surface area contributed by atoms with Gasteiger partial charge < -0.3 is 15.7 Å². The summed E-state index contributed by atoms with van der Waals surface area (Å²) < 4.78 is 0. The lowest BCUT2D eigenvalue weighted by molar-refractivity contribution is 0.292. The van der Waals surface area contributed by atoms with Crippen molar-refractivity contribution in [1.82, 2.24) is 10.6 Å². The van der Waals surface area contributed by atoms with Gasteiger partial charge >= 0.3 is 0 Å². The molecule has 90 valence electrons. The molecule has 1 aromatic rings. The summed E-state index contributed by atoms with van der Waals surface area (Å²) in [6.07, 6.45) is 1.09. The van der Waals surface area contributed by atoms with Crippen molar-refractivity contribution in [3.63, 3.8) is 0 Å². The number of aliphatic hydroxyl groups excluding tert-OH is 1. The Morgan fingerprint density at radius 3 is 2.38 bits per heavy atom. The Kier molecular flexibility index (Phi) is 6.81. The minimum atomic E-state index is 0.219. The van der Waals surface area contributed by atoms with Crippen molar-refractivity contribution in [3.05, 3.63) is 35.4 Å². The van der Waals surface area contributed by atoms with Crippen LogP contribution in [0.3, 0.4) is 0 Å². The zero-order chi connectivity index (χ0) is 11.6. The van der Waals surface area contributed by atoms with Crippen LogP contribution in [0.5, 0.6) is 0 Å². The molecule has 1 aromatic carbocycles.